The minimum absolute atomic E-state index is 0.0113. The zero-order valence-corrected chi connectivity index (χ0v) is 15.4. The molecule has 0 bridgehead atoms. The molecule has 2 aromatic rings. The average molecular weight is 377 g/mol. The molecule has 1 amide bonds. The Bertz CT molecular complexity index is 767. The van der Waals surface area contributed by atoms with Crippen molar-refractivity contribution in [3.8, 4) is 5.75 Å². The van der Waals surface area contributed by atoms with E-state index in [4.69, 9.17) is 16.3 Å². The van der Waals surface area contributed by atoms with Crippen LogP contribution in [0.4, 0.5) is 5.69 Å². The fourth-order valence-electron chi connectivity index (χ4n) is 2.57. The number of carbonyl (C=O) groups excluding carboxylic acids is 1. The molecule has 0 saturated carbocycles. The van der Waals surface area contributed by atoms with Crippen LogP contribution in [0.3, 0.4) is 0 Å². The van der Waals surface area contributed by atoms with Crippen LogP contribution in [0.15, 0.2) is 48.5 Å². The molecule has 2 atom stereocenters. The minimum atomic E-state index is -0.872. The molecular weight excluding hydrogens is 356 g/mol. The number of nitrogens with one attached hydrogen (secondary N) is 1. The Morgan fingerprint density at radius 3 is 2.58 bits per heavy atom. The van der Waals surface area contributed by atoms with Gasteiger partial charge < -0.3 is 10.1 Å². The molecule has 0 aliphatic heterocycles. The van der Waals surface area contributed by atoms with Gasteiger partial charge in [-0.1, -0.05) is 48.9 Å². The normalized spacial score (nSPS) is 12.9. The van der Waals surface area contributed by atoms with Gasteiger partial charge in [-0.2, -0.15) is 0 Å². The number of ether oxygens (including phenoxy) is 1. The Balaban J connectivity index is 1.99. The fraction of sp³-hybridized carbons (Fsp3) is 0.316. The van der Waals surface area contributed by atoms with Gasteiger partial charge in [-0.05, 0) is 31.0 Å². The smallest absolute Gasteiger partial charge is 0.312 e. The molecule has 0 aliphatic rings. The predicted octanol–water partition coefficient (Wildman–Crippen LogP) is 4.33. The Morgan fingerprint density at radius 2 is 1.96 bits per heavy atom. The van der Waals surface area contributed by atoms with Gasteiger partial charge in [0.05, 0.1) is 4.92 Å². The molecule has 1 N–H and O–H groups in total. The maximum Gasteiger partial charge on any atom is 0.312 e. The van der Waals surface area contributed by atoms with Crippen LogP contribution >= 0.6 is 11.6 Å². The van der Waals surface area contributed by atoms with Gasteiger partial charge in [0.2, 0.25) is 0 Å². The van der Waals surface area contributed by atoms with E-state index in [1.807, 2.05) is 30.3 Å². The van der Waals surface area contributed by atoms with Crippen molar-refractivity contribution < 1.29 is 14.5 Å². The number of rotatable bonds is 8. The summed E-state index contributed by atoms with van der Waals surface area (Å²) < 4.78 is 5.48. The third-order valence-electron chi connectivity index (χ3n) is 4.08. The Kier molecular flexibility index (Phi) is 6.97. The number of nitrogens with zero attached hydrogens (tertiary/aromatic N) is 1. The number of carbonyl (C=O) groups is 1. The Hall–Kier alpha value is -2.60. The van der Waals surface area contributed by atoms with Crippen LogP contribution in [-0.2, 0) is 4.79 Å². The molecule has 0 heterocycles. The molecule has 0 saturated heterocycles. The van der Waals surface area contributed by atoms with E-state index in [-0.39, 0.29) is 28.3 Å². The van der Waals surface area contributed by atoms with Gasteiger partial charge in [-0.25, -0.2) is 0 Å². The predicted molar refractivity (Wildman–Crippen MR) is 101 cm³/mol. The maximum atomic E-state index is 12.3. The molecule has 0 unspecified atom stereocenters. The van der Waals surface area contributed by atoms with E-state index in [2.05, 4.69) is 12.2 Å². The van der Waals surface area contributed by atoms with Crippen LogP contribution in [0.5, 0.6) is 5.75 Å². The summed E-state index contributed by atoms with van der Waals surface area (Å²) in [6, 6.07) is 14.0. The summed E-state index contributed by atoms with van der Waals surface area (Å²) in [5.41, 5.74) is 0.880. The van der Waals surface area contributed by atoms with Crippen LogP contribution in [0.25, 0.3) is 0 Å². The first-order valence-electron chi connectivity index (χ1n) is 8.35. The molecule has 0 spiro atoms. The van der Waals surface area contributed by atoms with E-state index in [0.717, 1.165) is 12.0 Å². The number of benzene rings is 2. The van der Waals surface area contributed by atoms with Crippen molar-refractivity contribution in [2.75, 3.05) is 6.54 Å². The SMILES string of the molecule is CC[C@H](CNC(=O)[C@H](C)Oc1ccc(Cl)cc1[N+](=O)[O-])c1ccccc1. The molecule has 7 heteroatoms. The molecule has 0 aromatic heterocycles. The topological polar surface area (TPSA) is 81.5 Å². The third-order valence-corrected chi connectivity index (χ3v) is 4.31. The van der Waals surface area contributed by atoms with Gasteiger partial charge in [0, 0.05) is 23.6 Å². The van der Waals surface area contributed by atoms with Gasteiger partial charge in [0.15, 0.2) is 11.9 Å². The van der Waals surface area contributed by atoms with Gasteiger partial charge in [0.25, 0.3) is 5.91 Å². The van der Waals surface area contributed by atoms with Crippen molar-refractivity contribution >= 4 is 23.2 Å². The summed E-state index contributed by atoms with van der Waals surface area (Å²) in [6.07, 6.45) is 0.00509. The fourth-order valence-corrected chi connectivity index (χ4v) is 2.73. The van der Waals surface area contributed by atoms with E-state index in [1.54, 1.807) is 6.92 Å². The highest BCUT2D eigenvalue weighted by Crippen LogP contribution is 2.30. The molecular formula is C19H21ClN2O4. The lowest BCUT2D eigenvalue weighted by Gasteiger charge is -2.19. The Morgan fingerprint density at radius 1 is 1.27 bits per heavy atom. The van der Waals surface area contributed by atoms with Crippen molar-refractivity contribution in [3.05, 3.63) is 69.2 Å². The van der Waals surface area contributed by atoms with Gasteiger partial charge in [0.1, 0.15) is 0 Å². The van der Waals surface area contributed by atoms with E-state index in [9.17, 15) is 14.9 Å². The highest BCUT2D eigenvalue weighted by atomic mass is 35.5. The van der Waals surface area contributed by atoms with Crippen molar-refractivity contribution in [2.24, 2.45) is 0 Å². The zero-order valence-electron chi connectivity index (χ0n) is 14.6. The Labute approximate surface area is 157 Å². The summed E-state index contributed by atoms with van der Waals surface area (Å²) in [7, 11) is 0. The lowest BCUT2D eigenvalue weighted by molar-refractivity contribution is -0.386. The van der Waals surface area contributed by atoms with Crippen LogP contribution in [0.1, 0.15) is 31.7 Å². The first-order valence-corrected chi connectivity index (χ1v) is 8.73. The van der Waals surface area contributed by atoms with E-state index >= 15 is 0 Å². The summed E-state index contributed by atoms with van der Waals surface area (Å²) >= 11 is 5.78. The van der Waals surface area contributed by atoms with E-state index in [1.165, 1.54) is 18.2 Å². The van der Waals surface area contributed by atoms with E-state index in [0.29, 0.717) is 6.54 Å². The van der Waals surface area contributed by atoms with Crippen molar-refractivity contribution in [1.29, 1.82) is 0 Å². The van der Waals surface area contributed by atoms with Gasteiger partial charge >= 0.3 is 5.69 Å². The molecule has 138 valence electrons. The standard InChI is InChI=1S/C19H21ClN2O4/c1-3-14(15-7-5-4-6-8-15)12-21-19(23)13(2)26-18-10-9-16(20)11-17(18)22(24)25/h4-11,13-14H,3,12H2,1-2H3,(H,21,23)/t13-,14+/m0/s1. The van der Waals surface area contributed by atoms with Crippen LogP contribution < -0.4 is 10.1 Å². The number of hydrogen-bond acceptors (Lipinski definition) is 4. The number of hydrogen-bond donors (Lipinski definition) is 1. The monoisotopic (exact) mass is 376 g/mol. The first-order chi connectivity index (χ1) is 12.4. The molecule has 26 heavy (non-hydrogen) atoms. The minimum Gasteiger partial charge on any atom is -0.474 e. The second-order valence-electron chi connectivity index (χ2n) is 5.89. The largest absolute Gasteiger partial charge is 0.474 e. The second kappa shape index (κ2) is 9.20. The van der Waals surface area contributed by atoms with Crippen molar-refractivity contribution in [1.82, 2.24) is 5.32 Å². The summed E-state index contributed by atoms with van der Waals surface area (Å²) in [6.45, 7) is 4.08. The van der Waals surface area contributed by atoms with Gasteiger partial charge in [-0.15, -0.1) is 0 Å². The number of amides is 1. The number of nitro groups is 1. The van der Waals surface area contributed by atoms with Crippen LogP contribution in [0.2, 0.25) is 5.02 Å². The number of nitro benzene ring substituents is 1. The quantitative estimate of drug-likeness (QED) is 0.549. The highest BCUT2D eigenvalue weighted by Gasteiger charge is 2.22. The van der Waals surface area contributed by atoms with Gasteiger partial charge in [-0.3, -0.25) is 14.9 Å². The maximum absolute atomic E-state index is 12.3. The lowest BCUT2D eigenvalue weighted by atomic mass is 9.96. The molecule has 0 aliphatic carbocycles. The van der Waals surface area contributed by atoms with Crippen LogP contribution in [-0.4, -0.2) is 23.5 Å². The average Bonchev–Trinajstić information content (AvgIpc) is 2.64. The molecule has 2 rings (SSSR count). The van der Waals surface area contributed by atoms with Crippen molar-refractivity contribution in [3.63, 3.8) is 0 Å². The zero-order chi connectivity index (χ0) is 19.1. The number of halogens is 1. The van der Waals surface area contributed by atoms with Crippen molar-refractivity contribution in [2.45, 2.75) is 32.3 Å². The summed E-state index contributed by atoms with van der Waals surface area (Å²) in [5, 5.41) is 14.2. The van der Waals surface area contributed by atoms with Crippen LogP contribution in [0, 0.1) is 10.1 Å². The molecule has 0 fully saturated rings. The lowest BCUT2D eigenvalue weighted by Crippen LogP contribution is -2.38. The summed E-state index contributed by atoms with van der Waals surface area (Å²) in [5.74, 6) is -0.127. The third kappa shape index (κ3) is 5.20. The summed E-state index contributed by atoms with van der Waals surface area (Å²) in [4.78, 5) is 22.8. The highest BCUT2D eigenvalue weighted by molar-refractivity contribution is 6.30. The molecule has 6 nitrogen and oxygen atoms in total. The van der Waals surface area contributed by atoms with E-state index < -0.39 is 11.0 Å². The molecule has 0 radical (unpaired) electrons. The molecule has 2 aromatic carbocycles. The first kappa shape index (κ1) is 19.7. The second-order valence-corrected chi connectivity index (χ2v) is 6.33.